The van der Waals surface area contributed by atoms with E-state index in [0.717, 1.165) is 16.6 Å². The molecule has 0 bridgehead atoms. The number of aromatic amines is 2. The third-order valence-electron chi connectivity index (χ3n) is 4.10. The van der Waals surface area contributed by atoms with Gasteiger partial charge in [-0.3, -0.25) is 14.9 Å². The third kappa shape index (κ3) is 3.53. The standard InChI is InChI=1S/C18H13N9OS/c28-16(15-8-19-9-21-15)23-12-3-4-20-14(6-12)17-26-27-18(29-17)24-11-1-2-13-10(5-11)7-22-25-13/h1-9H,(H,19,21)(H,22,25)(H,24,27)(H,20,23,28). The van der Waals surface area contributed by atoms with Gasteiger partial charge in [0.1, 0.15) is 11.4 Å². The molecule has 11 heteroatoms. The number of nitrogens with zero attached hydrogens (tertiary/aromatic N) is 5. The zero-order chi connectivity index (χ0) is 19.6. The maximum atomic E-state index is 12.2. The number of hydrogen-bond acceptors (Lipinski definition) is 8. The van der Waals surface area contributed by atoms with Crippen LogP contribution in [0.5, 0.6) is 0 Å². The van der Waals surface area contributed by atoms with Gasteiger partial charge in [0.2, 0.25) is 5.13 Å². The normalized spacial score (nSPS) is 10.9. The lowest BCUT2D eigenvalue weighted by Crippen LogP contribution is -2.12. The first-order chi connectivity index (χ1) is 14.2. The Morgan fingerprint density at radius 2 is 2.03 bits per heavy atom. The van der Waals surface area contributed by atoms with Crippen LogP contribution in [0.15, 0.2) is 55.2 Å². The monoisotopic (exact) mass is 403 g/mol. The average molecular weight is 403 g/mol. The minimum Gasteiger partial charge on any atom is -0.341 e. The van der Waals surface area contributed by atoms with Crippen LogP contribution in [0.3, 0.4) is 0 Å². The molecule has 4 N–H and O–H groups in total. The van der Waals surface area contributed by atoms with Crippen molar-refractivity contribution >= 4 is 44.7 Å². The second-order valence-electron chi connectivity index (χ2n) is 6.06. The molecule has 0 aliphatic rings. The number of hydrogen-bond donors (Lipinski definition) is 4. The number of nitrogens with one attached hydrogen (secondary N) is 4. The minimum atomic E-state index is -0.283. The zero-order valence-electron chi connectivity index (χ0n) is 14.7. The van der Waals surface area contributed by atoms with E-state index >= 15 is 0 Å². The quantitative estimate of drug-likeness (QED) is 0.354. The van der Waals surface area contributed by atoms with Crippen molar-refractivity contribution in [3.05, 3.63) is 60.9 Å². The van der Waals surface area contributed by atoms with Gasteiger partial charge >= 0.3 is 0 Å². The highest BCUT2D eigenvalue weighted by Crippen LogP contribution is 2.29. The van der Waals surface area contributed by atoms with E-state index in [1.807, 2.05) is 18.2 Å². The van der Waals surface area contributed by atoms with Crippen LogP contribution in [0.25, 0.3) is 21.6 Å². The highest BCUT2D eigenvalue weighted by atomic mass is 32.1. The summed E-state index contributed by atoms with van der Waals surface area (Å²) < 4.78 is 0. The van der Waals surface area contributed by atoms with Gasteiger partial charge in [-0.1, -0.05) is 11.3 Å². The van der Waals surface area contributed by atoms with Crippen LogP contribution < -0.4 is 10.6 Å². The minimum absolute atomic E-state index is 0.283. The fourth-order valence-corrected chi connectivity index (χ4v) is 3.46. The van der Waals surface area contributed by atoms with E-state index in [1.54, 1.807) is 24.5 Å². The smallest absolute Gasteiger partial charge is 0.273 e. The van der Waals surface area contributed by atoms with E-state index in [2.05, 4.69) is 46.0 Å². The van der Waals surface area contributed by atoms with Gasteiger partial charge in [0.05, 0.1) is 24.2 Å². The number of H-pyrrole nitrogens is 2. The highest BCUT2D eigenvalue weighted by Gasteiger charge is 2.12. The van der Waals surface area contributed by atoms with E-state index in [9.17, 15) is 4.79 Å². The van der Waals surface area contributed by atoms with Crippen LogP contribution in [-0.4, -0.2) is 41.3 Å². The van der Waals surface area contributed by atoms with Crippen LogP contribution in [0.1, 0.15) is 10.5 Å². The Morgan fingerprint density at radius 3 is 2.93 bits per heavy atom. The molecule has 0 aliphatic heterocycles. The van der Waals surface area contributed by atoms with Crippen LogP contribution >= 0.6 is 11.3 Å². The van der Waals surface area contributed by atoms with Gasteiger partial charge in [0, 0.05) is 23.0 Å². The van der Waals surface area contributed by atoms with Crippen molar-refractivity contribution in [3.63, 3.8) is 0 Å². The van der Waals surface area contributed by atoms with Crippen molar-refractivity contribution in [2.45, 2.75) is 0 Å². The molecule has 0 saturated heterocycles. The number of carbonyl (C=O) groups is 1. The number of carbonyl (C=O) groups excluding carboxylic acids is 1. The molecule has 0 saturated carbocycles. The molecule has 0 atom stereocenters. The van der Waals surface area contributed by atoms with E-state index in [1.165, 1.54) is 23.9 Å². The Bertz CT molecular complexity index is 1290. The molecule has 0 fully saturated rings. The molecule has 10 nitrogen and oxygen atoms in total. The van der Waals surface area contributed by atoms with Gasteiger partial charge in [-0.15, -0.1) is 10.2 Å². The summed E-state index contributed by atoms with van der Waals surface area (Å²) in [5.41, 5.74) is 3.44. The Hall–Kier alpha value is -4.12. The number of imidazole rings is 1. The summed E-state index contributed by atoms with van der Waals surface area (Å²) in [6.07, 6.45) is 6.28. The molecule has 1 amide bonds. The molecule has 142 valence electrons. The summed E-state index contributed by atoms with van der Waals surface area (Å²) in [6.45, 7) is 0. The fraction of sp³-hybridized carbons (Fsp3) is 0. The molecule has 0 spiro atoms. The maximum absolute atomic E-state index is 12.2. The first-order valence-corrected chi connectivity index (χ1v) is 9.36. The SMILES string of the molecule is O=C(Nc1ccnc(-c2nnc(Nc3ccc4[nH]ncc4c3)s2)c1)c1cnc[nH]1. The summed E-state index contributed by atoms with van der Waals surface area (Å²) in [7, 11) is 0. The molecular formula is C18H13N9OS. The Labute approximate surface area is 167 Å². The first-order valence-electron chi connectivity index (χ1n) is 8.54. The number of aromatic nitrogens is 7. The lowest BCUT2D eigenvalue weighted by molar-refractivity contribution is 0.102. The Balaban J connectivity index is 1.34. The van der Waals surface area contributed by atoms with Crippen molar-refractivity contribution in [1.29, 1.82) is 0 Å². The lowest BCUT2D eigenvalue weighted by atomic mass is 10.2. The largest absolute Gasteiger partial charge is 0.341 e. The van der Waals surface area contributed by atoms with Crippen molar-refractivity contribution < 1.29 is 4.79 Å². The molecule has 0 unspecified atom stereocenters. The topological polar surface area (TPSA) is 137 Å². The van der Waals surface area contributed by atoms with Gasteiger partial charge in [-0.2, -0.15) is 5.10 Å². The molecule has 4 aromatic heterocycles. The van der Waals surface area contributed by atoms with E-state index < -0.39 is 0 Å². The van der Waals surface area contributed by atoms with Gasteiger partial charge in [-0.25, -0.2) is 4.98 Å². The molecule has 0 aliphatic carbocycles. The van der Waals surface area contributed by atoms with Crippen molar-refractivity contribution in [1.82, 2.24) is 35.3 Å². The fourth-order valence-electron chi connectivity index (χ4n) is 2.72. The van der Waals surface area contributed by atoms with Gasteiger partial charge in [0.25, 0.3) is 5.91 Å². The summed E-state index contributed by atoms with van der Waals surface area (Å²) >= 11 is 1.37. The zero-order valence-corrected chi connectivity index (χ0v) is 15.6. The van der Waals surface area contributed by atoms with Crippen LogP contribution in [-0.2, 0) is 0 Å². The number of benzene rings is 1. The third-order valence-corrected chi connectivity index (χ3v) is 4.96. The number of rotatable bonds is 5. The van der Waals surface area contributed by atoms with E-state index in [-0.39, 0.29) is 5.91 Å². The summed E-state index contributed by atoms with van der Waals surface area (Å²) in [5, 5.41) is 23.6. The van der Waals surface area contributed by atoms with Crippen LogP contribution in [0.2, 0.25) is 0 Å². The van der Waals surface area contributed by atoms with E-state index in [0.29, 0.717) is 27.2 Å². The number of pyridine rings is 1. The van der Waals surface area contributed by atoms with Gasteiger partial charge in [-0.05, 0) is 30.3 Å². The maximum Gasteiger partial charge on any atom is 0.273 e. The predicted molar refractivity (Wildman–Crippen MR) is 109 cm³/mol. The lowest BCUT2D eigenvalue weighted by Gasteiger charge is -2.04. The average Bonchev–Trinajstić information content (AvgIpc) is 3.49. The molecule has 5 rings (SSSR count). The summed E-state index contributed by atoms with van der Waals surface area (Å²) in [5.74, 6) is -0.283. The molecule has 1 aromatic carbocycles. The van der Waals surface area contributed by atoms with Crippen LogP contribution in [0, 0.1) is 0 Å². The molecule has 5 aromatic rings. The van der Waals surface area contributed by atoms with Crippen molar-refractivity contribution in [2.75, 3.05) is 10.6 Å². The molecule has 0 radical (unpaired) electrons. The number of fused-ring (bicyclic) bond motifs is 1. The first kappa shape index (κ1) is 17.0. The van der Waals surface area contributed by atoms with Crippen molar-refractivity contribution in [2.24, 2.45) is 0 Å². The number of amides is 1. The molecular weight excluding hydrogens is 390 g/mol. The van der Waals surface area contributed by atoms with E-state index in [4.69, 9.17) is 0 Å². The second-order valence-corrected chi connectivity index (χ2v) is 7.04. The number of anilines is 3. The summed E-state index contributed by atoms with van der Waals surface area (Å²) in [4.78, 5) is 23.1. The summed E-state index contributed by atoms with van der Waals surface area (Å²) in [6, 6.07) is 9.31. The highest BCUT2D eigenvalue weighted by molar-refractivity contribution is 7.18. The molecule has 29 heavy (non-hydrogen) atoms. The Kier molecular flexibility index (Phi) is 4.18. The molecule has 4 heterocycles. The second kappa shape index (κ2) is 7.13. The Morgan fingerprint density at radius 1 is 1.07 bits per heavy atom. The van der Waals surface area contributed by atoms with Crippen molar-refractivity contribution in [3.8, 4) is 10.7 Å². The van der Waals surface area contributed by atoms with Gasteiger partial charge in [0.15, 0.2) is 5.01 Å². The van der Waals surface area contributed by atoms with Crippen LogP contribution in [0.4, 0.5) is 16.5 Å². The van der Waals surface area contributed by atoms with Gasteiger partial charge < -0.3 is 15.6 Å². The predicted octanol–water partition coefficient (Wildman–Crippen LogP) is 3.20.